The van der Waals surface area contributed by atoms with Crippen LogP contribution in [0.2, 0.25) is 0 Å². The van der Waals surface area contributed by atoms with E-state index in [4.69, 9.17) is 0 Å². The number of hydrogen-bond donors (Lipinski definition) is 2. The first kappa shape index (κ1) is 22.2. The molecular formula is C26H28BrN5. The van der Waals surface area contributed by atoms with Crippen LogP contribution in [-0.4, -0.2) is 28.0 Å². The van der Waals surface area contributed by atoms with Crippen LogP contribution in [0.25, 0.3) is 12.7 Å². The Balaban J connectivity index is 1.44. The van der Waals surface area contributed by atoms with Gasteiger partial charge in [-0.15, -0.1) is 0 Å². The molecule has 0 spiro atoms. The van der Waals surface area contributed by atoms with Crippen LogP contribution in [-0.2, 0) is 13.1 Å². The topological polar surface area (TPSA) is 53.1 Å². The van der Waals surface area contributed by atoms with Gasteiger partial charge >= 0.3 is 0 Å². The molecule has 3 aromatic rings. The van der Waals surface area contributed by atoms with Crippen LogP contribution in [0.3, 0.4) is 0 Å². The number of anilines is 3. The lowest BCUT2D eigenvalue weighted by Crippen LogP contribution is -2.28. The molecule has 0 aliphatic carbocycles. The number of nitrogens with zero attached hydrogens (tertiary/aromatic N) is 3. The molecule has 0 saturated carbocycles. The van der Waals surface area contributed by atoms with Gasteiger partial charge in [-0.25, -0.2) is 4.98 Å². The maximum Gasteiger partial charge on any atom is 0.229 e. The van der Waals surface area contributed by atoms with Gasteiger partial charge in [-0.1, -0.05) is 55.6 Å². The minimum absolute atomic E-state index is 0.548. The highest BCUT2D eigenvalue weighted by Crippen LogP contribution is 2.23. The number of aromatic nitrogens is 2. The van der Waals surface area contributed by atoms with Crippen LogP contribution in [0, 0.1) is 0 Å². The van der Waals surface area contributed by atoms with Crippen molar-refractivity contribution in [3.05, 3.63) is 87.4 Å². The van der Waals surface area contributed by atoms with Crippen LogP contribution < -0.4 is 21.1 Å². The average molecular weight is 490 g/mol. The van der Waals surface area contributed by atoms with Gasteiger partial charge in [0.25, 0.3) is 0 Å². The van der Waals surface area contributed by atoms with E-state index in [2.05, 4.69) is 84.9 Å². The van der Waals surface area contributed by atoms with Gasteiger partial charge in [-0.2, -0.15) is 4.98 Å². The average Bonchev–Trinajstić information content (AvgIpc) is 3.30. The summed E-state index contributed by atoms with van der Waals surface area (Å²) < 4.78 is 0.809. The standard InChI is InChI=1S/C26H28BrN5/c1-3-7-23-19(2)8-6-9-21(23)16-28-25-24(27)17-29-26(31-25)30-22-12-10-20(11-13-22)18-32-14-4-5-15-32/h3,6-13,17H,1-2,4-5,14-16,18H2,(H2,28,29,30,31)/b23-7+. The first-order valence-corrected chi connectivity index (χ1v) is 11.7. The summed E-state index contributed by atoms with van der Waals surface area (Å²) in [5, 5.41) is 8.76. The van der Waals surface area contributed by atoms with Crippen molar-refractivity contribution in [2.24, 2.45) is 0 Å². The number of benzene rings is 2. The molecule has 2 heterocycles. The molecule has 1 saturated heterocycles. The van der Waals surface area contributed by atoms with E-state index in [1.54, 1.807) is 12.3 Å². The van der Waals surface area contributed by atoms with Gasteiger partial charge in [0.2, 0.25) is 5.95 Å². The summed E-state index contributed by atoms with van der Waals surface area (Å²) >= 11 is 3.55. The van der Waals surface area contributed by atoms with Crippen molar-refractivity contribution in [3.8, 4) is 0 Å². The second kappa shape index (κ2) is 10.6. The summed E-state index contributed by atoms with van der Waals surface area (Å²) in [6, 6.07) is 14.6. The fraction of sp³-hybridized carbons (Fsp3) is 0.231. The normalized spacial score (nSPS) is 14.5. The third-order valence-electron chi connectivity index (χ3n) is 5.58. The Morgan fingerprint density at radius 1 is 1.09 bits per heavy atom. The van der Waals surface area contributed by atoms with Crippen molar-refractivity contribution in [2.45, 2.75) is 25.9 Å². The van der Waals surface area contributed by atoms with Gasteiger partial charge in [-0.3, -0.25) is 4.90 Å². The van der Waals surface area contributed by atoms with E-state index in [9.17, 15) is 0 Å². The van der Waals surface area contributed by atoms with E-state index in [0.717, 1.165) is 38.5 Å². The number of nitrogens with one attached hydrogen (secondary N) is 2. The Kier molecular flexibility index (Phi) is 7.35. The van der Waals surface area contributed by atoms with Gasteiger partial charge in [0.1, 0.15) is 5.82 Å². The molecule has 0 bridgehead atoms. The number of likely N-dealkylation sites (tertiary alicyclic amines) is 1. The minimum atomic E-state index is 0.548. The van der Waals surface area contributed by atoms with Crippen molar-refractivity contribution >= 4 is 46.0 Å². The maximum atomic E-state index is 4.65. The van der Waals surface area contributed by atoms with E-state index in [0.29, 0.717) is 12.5 Å². The smallest absolute Gasteiger partial charge is 0.229 e. The molecule has 0 amide bonds. The summed E-state index contributed by atoms with van der Waals surface area (Å²) in [7, 11) is 0. The Labute approximate surface area is 197 Å². The highest BCUT2D eigenvalue weighted by Gasteiger charge is 2.11. The second-order valence-corrected chi connectivity index (χ2v) is 8.80. The molecule has 5 nitrogen and oxygen atoms in total. The summed E-state index contributed by atoms with van der Waals surface area (Å²) in [6.07, 6.45) is 8.15. The molecule has 32 heavy (non-hydrogen) atoms. The first-order valence-electron chi connectivity index (χ1n) is 10.9. The molecular weight excluding hydrogens is 462 g/mol. The molecule has 0 atom stereocenters. The predicted molar refractivity (Wildman–Crippen MR) is 137 cm³/mol. The quantitative estimate of drug-likeness (QED) is 0.485. The summed E-state index contributed by atoms with van der Waals surface area (Å²) in [6.45, 7) is 12.0. The van der Waals surface area contributed by atoms with E-state index in [1.165, 1.54) is 31.5 Å². The van der Waals surface area contributed by atoms with Gasteiger partial charge in [0, 0.05) is 25.0 Å². The lowest BCUT2D eigenvalue weighted by atomic mass is 10.1. The van der Waals surface area contributed by atoms with Gasteiger partial charge < -0.3 is 10.6 Å². The molecule has 4 rings (SSSR count). The monoisotopic (exact) mass is 489 g/mol. The van der Waals surface area contributed by atoms with Crippen molar-refractivity contribution in [1.82, 2.24) is 14.9 Å². The van der Waals surface area contributed by atoms with Gasteiger partial charge in [0.05, 0.1) is 4.47 Å². The largest absolute Gasteiger partial charge is 0.365 e. The van der Waals surface area contributed by atoms with Crippen LogP contribution in [0.1, 0.15) is 24.0 Å². The first-order chi connectivity index (χ1) is 15.6. The Bertz CT molecular complexity index is 1180. The molecule has 164 valence electrons. The van der Waals surface area contributed by atoms with E-state index in [1.807, 2.05) is 18.2 Å². The molecule has 0 unspecified atom stereocenters. The summed E-state index contributed by atoms with van der Waals surface area (Å²) in [4.78, 5) is 11.6. The van der Waals surface area contributed by atoms with Crippen LogP contribution in [0.15, 0.2) is 65.8 Å². The molecule has 1 aliphatic heterocycles. The third kappa shape index (κ3) is 5.64. The van der Waals surface area contributed by atoms with Crippen LogP contribution in [0.4, 0.5) is 17.5 Å². The molecule has 1 aromatic heterocycles. The van der Waals surface area contributed by atoms with Crippen molar-refractivity contribution in [1.29, 1.82) is 0 Å². The van der Waals surface area contributed by atoms with Crippen LogP contribution in [0.5, 0.6) is 0 Å². The SMILES string of the molecule is C=C/C=c1/c(CNc2nc(Nc3ccc(CN4CCCC4)cc3)ncc2Br)cccc1=C. The molecule has 2 N–H and O–H groups in total. The van der Waals surface area contributed by atoms with Crippen molar-refractivity contribution in [3.63, 3.8) is 0 Å². The zero-order valence-electron chi connectivity index (χ0n) is 18.1. The van der Waals surface area contributed by atoms with Crippen molar-refractivity contribution in [2.75, 3.05) is 23.7 Å². The van der Waals surface area contributed by atoms with E-state index in [-0.39, 0.29) is 0 Å². The van der Waals surface area contributed by atoms with Gasteiger partial charge in [-0.05, 0) is 75.6 Å². The highest BCUT2D eigenvalue weighted by atomic mass is 79.9. The third-order valence-corrected chi connectivity index (χ3v) is 6.16. The molecule has 1 aliphatic rings. The molecule has 6 heteroatoms. The Morgan fingerprint density at radius 3 is 2.62 bits per heavy atom. The zero-order valence-corrected chi connectivity index (χ0v) is 19.7. The maximum absolute atomic E-state index is 4.65. The molecule has 2 aromatic carbocycles. The Hall–Kier alpha value is -2.96. The fourth-order valence-corrected chi connectivity index (χ4v) is 4.24. The number of allylic oxidation sites excluding steroid dienone is 1. The number of hydrogen-bond acceptors (Lipinski definition) is 5. The predicted octanol–water partition coefficient (Wildman–Crippen LogP) is 4.57. The summed E-state index contributed by atoms with van der Waals surface area (Å²) in [5.74, 6) is 1.28. The zero-order chi connectivity index (χ0) is 22.3. The number of halogens is 1. The molecule has 1 fully saturated rings. The highest BCUT2D eigenvalue weighted by molar-refractivity contribution is 9.10. The van der Waals surface area contributed by atoms with Gasteiger partial charge in [0.15, 0.2) is 0 Å². The van der Waals surface area contributed by atoms with Crippen molar-refractivity contribution < 1.29 is 0 Å². The van der Waals surface area contributed by atoms with Crippen LogP contribution >= 0.6 is 15.9 Å². The Morgan fingerprint density at radius 2 is 1.88 bits per heavy atom. The lowest BCUT2D eigenvalue weighted by molar-refractivity contribution is 0.331. The second-order valence-electron chi connectivity index (χ2n) is 7.94. The van der Waals surface area contributed by atoms with E-state index < -0.39 is 0 Å². The fourth-order valence-electron chi connectivity index (χ4n) is 3.90. The number of rotatable bonds is 8. The lowest BCUT2D eigenvalue weighted by Gasteiger charge is -2.15. The van der Waals surface area contributed by atoms with E-state index >= 15 is 0 Å². The summed E-state index contributed by atoms with van der Waals surface area (Å²) in [5.41, 5.74) is 3.43. The molecule has 0 radical (unpaired) electrons. The minimum Gasteiger partial charge on any atom is -0.365 e.